The van der Waals surface area contributed by atoms with E-state index in [1.165, 1.54) is 6.07 Å². The summed E-state index contributed by atoms with van der Waals surface area (Å²) in [5.74, 6) is -2.62. The van der Waals surface area contributed by atoms with E-state index in [1.807, 2.05) is 30.3 Å². The number of esters is 1. The van der Waals surface area contributed by atoms with Gasteiger partial charge in [0.1, 0.15) is 19.8 Å². The van der Waals surface area contributed by atoms with E-state index in [0.29, 0.717) is 5.56 Å². The minimum Gasteiger partial charge on any atom is -0.459 e. The van der Waals surface area contributed by atoms with E-state index in [9.17, 15) is 18.4 Å². The van der Waals surface area contributed by atoms with Crippen molar-refractivity contribution in [3.05, 3.63) is 71.3 Å². The van der Waals surface area contributed by atoms with E-state index in [0.717, 1.165) is 22.6 Å². The van der Waals surface area contributed by atoms with Crippen LogP contribution in [0.25, 0.3) is 0 Å². The van der Waals surface area contributed by atoms with Crippen LogP contribution < -0.4 is 0 Å². The number of nitrogens with zero attached hydrogens (tertiary/aromatic N) is 1. The molecule has 1 saturated heterocycles. The number of hydrogen-bond acceptors (Lipinski definition) is 4. The molecule has 0 saturated carbocycles. The van der Waals surface area contributed by atoms with Crippen LogP contribution in [0, 0.1) is 11.6 Å². The lowest BCUT2D eigenvalue weighted by molar-refractivity contribution is -0.145. The molecular weight excluding hydrogens is 332 g/mol. The Kier molecular flexibility index (Phi) is 4.92. The molecular formula is C18H15F2NO4. The molecule has 3 rings (SSSR count). The third-order valence-corrected chi connectivity index (χ3v) is 3.85. The van der Waals surface area contributed by atoms with Crippen LogP contribution in [0.5, 0.6) is 0 Å². The molecule has 0 bridgehead atoms. The number of cyclic esters (lactones) is 1. The van der Waals surface area contributed by atoms with Gasteiger partial charge in [0, 0.05) is 0 Å². The van der Waals surface area contributed by atoms with Crippen LogP contribution in [-0.2, 0) is 20.9 Å². The number of ether oxygens (including phenoxy) is 2. The molecule has 5 nitrogen and oxygen atoms in total. The van der Waals surface area contributed by atoms with Crippen molar-refractivity contribution >= 4 is 12.1 Å². The average Bonchev–Trinajstić information content (AvgIpc) is 2.97. The number of benzene rings is 2. The molecule has 2 aromatic carbocycles. The Labute approximate surface area is 142 Å². The summed E-state index contributed by atoms with van der Waals surface area (Å²) in [5.41, 5.74) is 1.16. The van der Waals surface area contributed by atoms with Crippen LogP contribution in [0.2, 0.25) is 0 Å². The van der Waals surface area contributed by atoms with Gasteiger partial charge in [-0.05, 0) is 23.3 Å². The number of hydrogen-bond donors (Lipinski definition) is 0. The van der Waals surface area contributed by atoms with Gasteiger partial charge in [-0.15, -0.1) is 0 Å². The van der Waals surface area contributed by atoms with E-state index in [-0.39, 0.29) is 19.8 Å². The van der Waals surface area contributed by atoms with Crippen LogP contribution in [0.3, 0.4) is 0 Å². The first-order chi connectivity index (χ1) is 12.0. The quantitative estimate of drug-likeness (QED) is 0.780. The van der Waals surface area contributed by atoms with Crippen molar-refractivity contribution in [3.8, 4) is 0 Å². The number of amides is 1. The maximum atomic E-state index is 13.4. The maximum Gasteiger partial charge on any atom is 0.411 e. The number of carbonyl (C=O) groups is 2. The lowest BCUT2D eigenvalue weighted by Crippen LogP contribution is -2.34. The van der Waals surface area contributed by atoms with Crippen LogP contribution in [0.1, 0.15) is 17.2 Å². The first-order valence-electron chi connectivity index (χ1n) is 7.62. The molecule has 1 heterocycles. The minimum absolute atomic E-state index is 0.0458. The van der Waals surface area contributed by atoms with Gasteiger partial charge in [0.05, 0.1) is 6.04 Å². The predicted octanol–water partition coefficient (Wildman–Crippen LogP) is 3.20. The van der Waals surface area contributed by atoms with E-state index in [4.69, 9.17) is 9.47 Å². The standard InChI is InChI=1S/C18H15F2NO4/c19-14-7-6-13(8-15(14)20)16-11-25-18(23)21(16)9-17(22)24-10-12-4-2-1-3-5-12/h1-8,16H,9-11H2. The molecule has 0 radical (unpaired) electrons. The maximum absolute atomic E-state index is 13.4. The molecule has 25 heavy (non-hydrogen) atoms. The molecule has 1 atom stereocenters. The first-order valence-corrected chi connectivity index (χ1v) is 7.62. The van der Waals surface area contributed by atoms with Gasteiger partial charge >= 0.3 is 12.1 Å². The first kappa shape index (κ1) is 16.9. The average molecular weight is 347 g/mol. The Morgan fingerprint density at radius 2 is 1.92 bits per heavy atom. The third-order valence-electron chi connectivity index (χ3n) is 3.85. The lowest BCUT2D eigenvalue weighted by Gasteiger charge is -2.20. The second kappa shape index (κ2) is 7.29. The SMILES string of the molecule is O=C(CN1C(=O)OCC1c1ccc(F)c(F)c1)OCc1ccccc1. The highest BCUT2D eigenvalue weighted by molar-refractivity contribution is 5.79. The molecule has 0 N–H and O–H groups in total. The molecule has 130 valence electrons. The highest BCUT2D eigenvalue weighted by atomic mass is 19.2. The molecule has 0 aromatic heterocycles. The fraction of sp³-hybridized carbons (Fsp3) is 0.222. The molecule has 0 aliphatic carbocycles. The van der Waals surface area contributed by atoms with Crippen molar-refractivity contribution < 1.29 is 27.8 Å². The summed E-state index contributed by atoms with van der Waals surface area (Å²) in [7, 11) is 0. The van der Waals surface area contributed by atoms with Crippen LogP contribution in [-0.4, -0.2) is 30.1 Å². The summed E-state index contributed by atoms with van der Waals surface area (Å²) in [6.07, 6.45) is -0.702. The highest BCUT2D eigenvalue weighted by Crippen LogP contribution is 2.28. The molecule has 1 aliphatic heterocycles. The number of rotatable bonds is 5. The van der Waals surface area contributed by atoms with Crippen LogP contribution >= 0.6 is 0 Å². The topological polar surface area (TPSA) is 55.8 Å². The third kappa shape index (κ3) is 3.93. The van der Waals surface area contributed by atoms with Crippen molar-refractivity contribution in [2.24, 2.45) is 0 Å². The van der Waals surface area contributed by atoms with Crippen molar-refractivity contribution in [1.82, 2.24) is 4.90 Å². The van der Waals surface area contributed by atoms with Gasteiger partial charge in [0.25, 0.3) is 0 Å². The van der Waals surface area contributed by atoms with Gasteiger partial charge in [-0.3, -0.25) is 9.69 Å². The molecule has 0 spiro atoms. The predicted molar refractivity (Wildman–Crippen MR) is 83.4 cm³/mol. The number of carbonyl (C=O) groups excluding carboxylic acids is 2. The van der Waals surface area contributed by atoms with Crippen molar-refractivity contribution in [1.29, 1.82) is 0 Å². The zero-order chi connectivity index (χ0) is 17.8. The zero-order valence-corrected chi connectivity index (χ0v) is 13.2. The second-order valence-corrected chi connectivity index (χ2v) is 5.54. The van der Waals surface area contributed by atoms with Gasteiger partial charge < -0.3 is 9.47 Å². The van der Waals surface area contributed by atoms with Gasteiger partial charge in [0.2, 0.25) is 0 Å². The molecule has 1 amide bonds. The molecule has 1 fully saturated rings. The number of halogens is 2. The summed E-state index contributed by atoms with van der Waals surface area (Å²) in [6.45, 7) is -0.302. The summed E-state index contributed by atoms with van der Waals surface area (Å²) in [4.78, 5) is 25.0. The Hall–Kier alpha value is -2.96. The molecule has 1 aliphatic rings. The van der Waals surface area contributed by atoms with E-state index in [2.05, 4.69) is 0 Å². The van der Waals surface area contributed by atoms with E-state index < -0.39 is 29.7 Å². The van der Waals surface area contributed by atoms with Crippen LogP contribution in [0.4, 0.5) is 13.6 Å². The lowest BCUT2D eigenvalue weighted by atomic mass is 10.1. The summed E-state index contributed by atoms with van der Waals surface area (Å²) < 4.78 is 36.6. The smallest absolute Gasteiger partial charge is 0.411 e. The molecule has 7 heteroatoms. The Balaban J connectivity index is 1.65. The molecule has 2 aromatic rings. The van der Waals surface area contributed by atoms with Crippen LogP contribution in [0.15, 0.2) is 48.5 Å². The van der Waals surface area contributed by atoms with Gasteiger partial charge in [-0.25, -0.2) is 13.6 Å². The Morgan fingerprint density at radius 1 is 1.16 bits per heavy atom. The van der Waals surface area contributed by atoms with Crippen molar-refractivity contribution in [2.45, 2.75) is 12.6 Å². The largest absolute Gasteiger partial charge is 0.459 e. The van der Waals surface area contributed by atoms with E-state index in [1.54, 1.807) is 0 Å². The highest BCUT2D eigenvalue weighted by Gasteiger charge is 2.36. The summed E-state index contributed by atoms with van der Waals surface area (Å²) in [5, 5.41) is 0. The zero-order valence-electron chi connectivity index (χ0n) is 13.2. The summed E-state index contributed by atoms with van der Waals surface area (Å²) in [6, 6.07) is 11.7. The van der Waals surface area contributed by atoms with Crippen molar-refractivity contribution in [3.63, 3.8) is 0 Å². The fourth-order valence-electron chi connectivity index (χ4n) is 2.54. The van der Waals surface area contributed by atoms with E-state index >= 15 is 0 Å². The van der Waals surface area contributed by atoms with Gasteiger partial charge in [-0.1, -0.05) is 36.4 Å². The monoisotopic (exact) mass is 347 g/mol. The summed E-state index contributed by atoms with van der Waals surface area (Å²) >= 11 is 0. The Bertz CT molecular complexity index is 782. The van der Waals surface area contributed by atoms with Crippen molar-refractivity contribution in [2.75, 3.05) is 13.2 Å². The Morgan fingerprint density at radius 3 is 2.64 bits per heavy atom. The second-order valence-electron chi connectivity index (χ2n) is 5.54. The molecule has 1 unspecified atom stereocenters. The fourth-order valence-corrected chi connectivity index (χ4v) is 2.54. The minimum atomic E-state index is -1.02. The normalized spacial score (nSPS) is 16.6. The van der Waals surface area contributed by atoms with Gasteiger partial charge in [0.15, 0.2) is 11.6 Å². The van der Waals surface area contributed by atoms with Gasteiger partial charge in [-0.2, -0.15) is 0 Å².